The first-order valence-corrected chi connectivity index (χ1v) is 16.8. The van der Waals surface area contributed by atoms with E-state index < -0.39 is 5.79 Å². The molecule has 0 amide bonds. The summed E-state index contributed by atoms with van der Waals surface area (Å²) >= 11 is 0. The second-order valence-corrected chi connectivity index (χ2v) is 12.2. The molecule has 2 fully saturated rings. The highest BCUT2D eigenvalue weighted by molar-refractivity contribution is 5.54. The molecule has 0 spiro atoms. The third-order valence-electron chi connectivity index (χ3n) is 9.28. The number of hydrogen-bond acceptors (Lipinski definition) is 9. The van der Waals surface area contributed by atoms with E-state index in [1.54, 1.807) is 32.8 Å². The summed E-state index contributed by atoms with van der Waals surface area (Å²) in [5.74, 6) is -0.185. The number of rotatable bonds is 12. The van der Waals surface area contributed by atoms with Gasteiger partial charge in [0.2, 0.25) is 5.79 Å². The summed E-state index contributed by atoms with van der Waals surface area (Å²) in [5.41, 5.74) is 3.98. The van der Waals surface area contributed by atoms with Crippen LogP contribution in [0.25, 0.3) is 5.69 Å². The van der Waals surface area contributed by atoms with Crippen molar-refractivity contribution in [3.8, 4) is 11.4 Å². The highest BCUT2D eigenvalue weighted by Crippen LogP contribution is 2.36. The highest BCUT2D eigenvalue weighted by atomic mass is 16.8. The summed E-state index contributed by atoms with van der Waals surface area (Å²) in [7, 11) is 0. The molecular weight excluding hydrogens is 608 g/mol. The quantitative estimate of drug-likeness (QED) is 0.191. The monoisotopic (exact) mass is 650 g/mol. The van der Waals surface area contributed by atoms with E-state index in [0.29, 0.717) is 19.8 Å². The Labute approximate surface area is 280 Å². The summed E-state index contributed by atoms with van der Waals surface area (Å²) in [5, 5.41) is 12.9. The van der Waals surface area contributed by atoms with Gasteiger partial charge in [-0.1, -0.05) is 44.2 Å². The van der Waals surface area contributed by atoms with E-state index in [1.807, 2.05) is 54.6 Å². The molecule has 2 aliphatic heterocycles. The van der Waals surface area contributed by atoms with E-state index in [4.69, 9.17) is 14.2 Å². The van der Waals surface area contributed by atoms with Crippen molar-refractivity contribution in [1.29, 1.82) is 0 Å². The van der Waals surface area contributed by atoms with Crippen molar-refractivity contribution in [2.45, 2.75) is 51.2 Å². The van der Waals surface area contributed by atoms with Gasteiger partial charge in [-0.2, -0.15) is 20.1 Å². The number of anilines is 2. The zero-order valence-corrected chi connectivity index (χ0v) is 27.5. The lowest BCUT2D eigenvalue weighted by Crippen LogP contribution is -2.46. The van der Waals surface area contributed by atoms with Gasteiger partial charge in [-0.25, -0.2) is 14.0 Å². The topological polar surface area (TPSA) is 105 Å². The molecule has 0 radical (unpaired) electrons. The van der Waals surface area contributed by atoms with Crippen LogP contribution < -0.4 is 20.2 Å². The van der Waals surface area contributed by atoms with Gasteiger partial charge in [0.05, 0.1) is 30.7 Å². The number of hydrogen-bond donors (Lipinski definition) is 0. The van der Waals surface area contributed by atoms with E-state index in [1.165, 1.54) is 5.69 Å². The zero-order chi connectivity index (χ0) is 32.9. The van der Waals surface area contributed by atoms with Crippen LogP contribution in [0.5, 0.6) is 5.75 Å². The van der Waals surface area contributed by atoms with Crippen molar-refractivity contribution in [3.05, 3.63) is 114 Å². The largest absolute Gasteiger partial charge is 0.491 e. The van der Waals surface area contributed by atoms with E-state index in [-0.39, 0.29) is 17.8 Å². The maximum Gasteiger partial charge on any atom is 0.350 e. The Morgan fingerprint density at radius 2 is 1.42 bits per heavy atom. The molecule has 2 aliphatic rings. The average Bonchev–Trinajstić information content (AvgIpc) is 3.90. The Morgan fingerprint density at radius 3 is 2.04 bits per heavy atom. The first-order valence-electron chi connectivity index (χ1n) is 16.8. The molecule has 0 bridgehead atoms. The molecular formula is C36H42N8O4. The Balaban J connectivity index is 0.912. The fourth-order valence-electron chi connectivity index (χ4n) is 6.54. The summed E-state index contributed by atoms with van der Waals surface area (Å²) in [4.78, 5) is 19.3. The maximum atomic E-state index is 12.9. The molecule has 48 heavy (non-hydrogen) atoms. The minimum Gasteiger partial charge on any atom is -0.491 e. The lowest BCUT2D eigenvalue weighted by atomic mass is 10.1. The molecule has 0 aliphatic carbocycles. The molecule has 2 atom stereocenters. The summed E-state index contributed by atoms with van der Waals surface area (Å²) in [6.07, 6.45) is 6.44. The van der Waals surface area contributed by atoms with Gasteiger partial charge in [-0.15, -0.1) is 0 Å². The van der Waals surface area contributed by atoms with Gasteiger partial charge in [-0.05, 0) is 61.4 Å². The molecule has 0 saturated carbocycles. The van der Waals surface area contributed by atoms with Gasteiger partial charge in [0, 0.05) is 43.1 Å². The number of piperazine rings is 1. The smallest absolute Gasteiger partial charge is 0.350 e. The molecule has 5 aromatic rings. The zero-order valence-electron chi connectivity index (χ0n) is 27.5. The van der Waals surface area contributed by atoms with Gasteiger partial charge in [0.1, 0.15) is 31.3 Å². The van der Waals surface area contributed by atoms with Crippen molar-refractivity contribution < 1.29 is 14.2 Å². The first kappa shape index (κ1) is 31.6. The average molecular weight is 651 g/mol. The maximum absolute atomic E-state index is 12.9. The highest BCUT2D eigenvalue weighted by Gasteiger charge is 2.44. The molecule has 4 heterocycles. The fourth-order valence-corrected chi connectivity index (χ4v) is 6.54. The van der Waals surface area contributed by atoms with Crippen LogP contribution in [-0.2, 0) is 21.8 Å². The van der Waals surface area contributed by atoms with Gasteiger partial charge in [0.15, 0.2) is 0 Å². The van der Waals surface area contributed by atoms with Crippen LogP contribution in [0.3, 0.4) is 0 Å². The number of ether oxygens (including phenoxy) is 3. The van der Waals surface area contributed by atoms with E-state index in [0.717, 1.165) is 61.7 Å². The second-order valence-electron chi connectivity index (χ2n) is 12.2. The van der Waals surface area contributed by atoms with E-state index >= 15 is 0 Å². The normalized spacial score (nSPS) is 19.7. The van der Waals surface area contributed by atoms with Crippen LogP contribution in [0, 0.1) is 0 Å². The molecule has 12 heteroatoms. The van der Waals surface area contributed by atoms with Crippen molar-refractivity contribution in [2.24, 2.45) is 0 Å². The van der Waals surface area contributed by atoms with Crippen LogP contribution in [0.1, 0.15) is 38.3 Å². The first-order chi connectivity index (χ1) is 23.5. The summed E-state index contributed by atoms with van der Waals surface area (Å²) in [6.45, 7) is 8.91. The van der Waals surface area contributed by atoms with E-state index in [9.17, 15) is 4.79 Å². The van der Waals surface area contributed by atoms with Crippen LogP contribution in [0.2, 0.25) is 0 Å². The predicted octanol–water partition coefficient (Wildman–Crippen LogP) is 4.66. The van der Waals surface area contributed by atoms with Crippen LogP contribution in [0.4, 0.5) is 11.4 Å². The SMILES string of the molecule is CCC(CC)n1ncn(-c2ccc(N3CCN(c4ccc(OC[C@H]5CO[C@](Cn6nccn6)(c6ccccc6)O5)cc4)CC3)cc2)c1=O. The summed E-state index contributed by atoms with van der Waals surface area (Å²) < 4.78 is 22.1. The molecule has 3 aromatic carbocycles. The number of benzene rings is 3. The van der Waals surface area contributed by atoms with Crippen molar-refractivity contribution in [2.75, 3.05) is 49.2 Å². The minimum absolute atomic E-state index is 0.0911. The van der Waals surface area contributed by atoms with Crippen LogP contribution in [0.15, 0.2) is 102 Å². The summed E-state index contributed by atoms with van der Waals surface area (Å²) in [6, 6.07) is 26.5. The van der Waals surface area contributed by atoms with Crippen LogP contribution in [-0.4, -0.2) is 74.8 Å². The van der Waals surface area contributed by atoms with E-state index in [2.05, 4.69) is 63.2 Å². The molecule has 250 valence electrons. The lowest BCUT2D eigenvalue weighted by molar-refractivity contribution is -0.192. The van der Waals surface area contributed by atoms with Gasteiger partial charge in [0.25, 0.3) is 0 Å². The molecule has 2 aromatic heterocycles. The number of aromatic nitrogens is 6. The van der Waals surface area contributed by atoms with Crippen molar-refractivity contribution in [3.63, 3.8) is 0 Å². The van der Waals surface area contributed by atoms with Gasteiger partial charge < -0.3 is 24.0 Å². The third kappa shape index (κ3) is 6.58. The molecule has 0 unspecified atom stereocenters. The molecule has 12 nitrogen and oxygen atoms in total. The second kappa shape index (κ2) is 14.0. The van der Waals surface area contributed by atoms with Gasteiger partial charge in [-0.3, -0.25) is 0 Å². The molecule has 7 rings (SSSR count). The van der Waals surface area contributed by atoms with Crippen LogP contribution >= 0.6 is 0 Å². The third-order valence-corrected chi connectivity index (χ3v) is 9.28. The Bertz CT molecular complexity index is 1800. The minimum atomic E-state index is -0.973. The van der Waals surface area contributed by atoms with Gasteiger partial charge >= 0.3 is 5.69 Å². The fraction of sp³-hybridized carbons (Fsp3) is 0.389. The number of nitrogens with zero attached hydrogens (tertiary/aromatic N) is 8. The lowest BCUT2D eigenvalue weighted by Gasteiger charge is -2.37. The molecule has 2 saturated heterocycles. The Hall–Kier alpha value is -4.94. The Morgan fingerprint density at radius 1 is 0.812 bits per heavy atom. The predicted molar refractivity (Wildman–Crippen MR) is 183 cm³/mol. The molecule has 0 N–H and O–H groups in total. The van der Waals surface area contributed by atoms with Crippen molar-refractivity contribution >= 4 is 11.4 Å². The standard InChI is InChI=1S/C36H42N8O4/c1-3-29(4-2)44-35(45)42(27-39-44)32-12-10-30(11-13-32)40-20-22-41(23-21-40)31-14-16-33(17-15-31)46-24-34-25-47-36(48-34,26-43-37-18-19-38-43)28-8-6-5-7-9-28/h5-19,27,29,34H,3-4,20-26H2,1-2H3/t34-,36-/m0/s1. The Kier molecular flexibility index (Phi) is 9.26. The van der Waals surface area contributed by atoms with Crippen molar-refractivity contribution in [1.82, 2.24) is 29.3 Å².